The predicted octanol–water partition coefficient (Wildman–Crippen LogP) is 1.20. The van der Waals surface area contributed by atoms with Gasteiger partial charge < -0.3 is 14.8 Å². The first-order valence-corrected chi connectivity index (χ1v) is 9.52. The third-order valence-electron chi connectivity index (χ3n) is 4.56. The molecule has 1 N–H and O–H groups in total. The molecule has 2 aliphatic heterocycles. The number of pyridine rings is 1. The van der Waals surface area contributed by atoms with Gasteiger partial charge in [0.25, 0.3) is 5.91 Å². The summed E-state index contributed by atoms with van der Waals surface area (Å²) in [7, 11) is 0. The van der Waals surface area contributed by atoms with Crippen molar-refractivity contribution in [3.05, 3.63) is 36.3 Å². The van der Waals surface area contributed by atoms with Crippen molar-refractivity contribution in [2.45, 2.75) is 12.5 Å². The standard InChI is InChI=1S/C17H19N5O2S/c23-15(21-5-7-25-8-6-21)9-12-10-20-17(24)14-11-19-16(22(12)14)13-3-1-2-4-18-13/h1-4,11-12H,5-10H2,(H,20,24). The van der Waals surface area contributed by atoms with Gasteiger partial charge in [0.05, 0.1) is 12.2 Å². The Labute approximate surface area is 149 Å². The van der Waals surface area contributed by atoms with Crippen molar-refractivity contribution >= 4 is 23.6 Å². The Kier molecular flexibility index (Phi) is 4.44. The highest BCUT2D eigenvalue weighted by Gasteiger charge is 2.31. The maximum Gasteiger partial charge on any atom is 0.269 e. The summed E-state index contributed by atoms with van der Waals surface area (Å²) < 4.78 is 1.87. The number of nitrogens with one attached hydrogen (secondary N) is 1. The number of fused-ring (bicyclic) bond motifs is 1. The van der Waals surface area contributed by atoms with Gasteiger partial charge in [-0.25, -0.2) is 4.98 Å². The first-order chi connectivity index (χ1) is 12.2. The maximum atomic E-state index is 12.7. The molecular formula is C17H19N5O2S. The SMILES string of the molecule is O=C1NCC(CC(=O)N2CCSCC2)n2c1cnc2-c1ccccn1. The summed E-state index contributed by atoms with van der Waals surface area (Å²) in [5, 5.41) is 2.87. The lowest BCUT2D eigenvalue weighted by Gasteiger charge is -2.31. The fourth-order valence-corrected chi connectivity index (χ4v) is 4.19. The van der Waals surface area contributed by atoms with Crippen molar-refractivity contribution in [1.82, 2.24) is 24.8 Å². The fourth-order valence-electron chi connectivity index (χ4n) is 3.28. The van der Waals surface area contributed by atoms with E-state index in [1.54, 1.807) is 12.4 Å². The quantitative estimate of drug-likeness (QED) is 0.893. The normalized spacial score (nSPS) is 20.1. The minimum absolute atomic E-state index is 0.132. The van der Waals surface area contributed by atoms with Gasteiger partial charge in [-0.2, -0.15) is 11.8 Å². The number of nitrogens with zero attached hydrogens (tertiary/aromatic N) is 4. The molecule has 1 saturated heterocycles. The smallest absolute Gasteiger partial charge is 0.269 e. The van der Waals surface area contributed by atoms with E-state index in [2.05, 4.69) is 15.3 Å². The fraction of sp³-hybridized carbons (Fsp3) is 0.412. The number of hydrogen-bond acceptors (Lipinski definition) is 5. The number of imidazole rings is 1. The molecule has 1 atom stereocenters. The van der Waals surface area contributed by atoms with Crippen LogP contribution in [-0.2, 0) is 4.79 Å². The van der Waals surface area contributed by atoms with Crippen LogP contribution in [0, 0.1) is 0 Å². The minimum atomic E-state index is -0.159. The van der Waals surface area contributed by atoms with Crippen LogP contribution >= 0.6 is 11.8 Å². The Morgan fingerprint density at radius 3 is 2.88 bits per heavy atom. The van der Waals surface area contributed by atoms with E-state index in [-0.39, 0.29) is 17.9 Å². The van der Waals surface area contributed by atoms with Gasteiger partial charge in [0.1, 0.15) is 11.4 Å². The minimum Gasteiger partial charge on any atom is -0.349 e. The molecule has 8 heteroatoms. The Hall–Kier alpha value is -2.35. The molecule has 130 valence electrons. The molecule has 25 heavy (non-hydrogen) atoms. The summed E-state index contributed by atoms with van der Waals surface area (Å²) in [5.41, 5.74) is 1.19. The third-order valence-corrected chi connectivity index (χ3v) is 5.50. The number of aromatic nitrogens is 3. The average Bonchev–Trinajstić information content (AvgIpc) is 3.12. The molecule has 0 aromatic carbocycles. The van der Waals surface area contributed by atoms with Gasteiger partial charge in [-0.15, -0.1) is 0 Å². The number of rotatable bonds is 3. The van der Waals surface area contributed by atoms with E-state index >= 15 is 0 Å². The van der Waals surface area contributed by atoms with Crippen LogP contribution < -0.4 is 5.32 Å². The first-order valence-electron chi connectivity index (χ1n) is 8.36. The molecule has 0 saturated carbocycles. The van der Waals surface area contributed by atoms with E-state index in [0.29, 0.717) is 30.2 Å². The lowest BCUT2D eigenvalue weighted by molar-refractivity contribution is -0.131. The van der Waals surface area contributed by atoms with Crippen LogP contribution in [0.1, 0.15) is 23.0 Å². The summed E-state index contributed by atoms with van der Waals surface area (Å²) >= 11 is 1.88. The summed E-state index contributed by atoms with van der Waals surface area (Å²) in [4.78, 5) is 35.5. The summed E-state index contributed by atoms with van der Waals surface area (Å²) in [5.74, 6) is 2.59. The molecule has 1 unspecified atom stereocenters. The van der Waals surface area contributed by atoms with Crippen LogP contribution in [0.5, 0.6) is 0 Å². The van der Waals surface area contributed by atoms with Gasteiger partial charge in [-0.1, -0.05) is 6.07 Å². The molecule has 1 fully saturated rings. The van der Waals surface area contributed by atoms with Crippen LogP contribution in [0.4, 0.5) is 0 Å². The number of carbonyl (C=O) groups is 2. The van der Waals surface area contributed by atoms with Gasteiger partial charge in [0.2, 0.25) is 5.91 Å². The van der Waals surface area contributed by atoms with Crippen molar-refractivity contribution in [2.75, 3.05) is 31.1 Å². The number of amides is 2. The Morgan fingerprint density at radius 1 is 1.28 bits per heavy atom. The number of carbonyl (C=O) groups excluding carboxylic acids is 2. The lowest BCUT2D eigenvalue weighted by atomic mass is 10.1. The van der Waals surface area contributed by atoms with E-state index in [1.165, 1.54) is 0 Å². The number of thioether (sulfide) groups is 1. The second-order valence-corrected chi connectivity index (χ2v) is 7.34. The zero-order chi connectivity index (χ0) is 17.2. The van der Waals surface area contributed by atoms with Crippen molar-refractivity contribution in [2.24, 2.45) is 0 Å². The first kappa shape index (κ1) is 16.1. The van der Waals surface area contributed by atoms with Gasteiger partial charge >= 0.3 is 0 Å². The van der Waals surface area contributed by atoms with Crippen molar-refractivity contribution in [3.63, 3.8) is 0 Å². The lowest BCUT2D eigenvalue weighted by Crippen LogP contribution is -2.43. The van der Waals surface area contributed by atoms with Crippen LogP contribution in [0.15, 0.2) is 30.6 Å². The van der Waals surface area contributed by atoms with Gasteiger partial charge in [-0.3, -0.25) is 14.6 Å². The number of hydrogen-bond donors (Lipinski definition) is 1. The molecule has 2 aromatic rings. The molecule has 4 heterocycles. The van der Waals surface area contributed by atoms with E-state index in [9.17, 15) is 9.59 Å². The third kappa shape index (κ3) is 3.13. The summed E-state index contributed by atoms with van der Waals surface area (Å²) in [6, 6.07) is 5.45. The topological polar surface area (TPSA) is 80.1 Å². The second-order valence-electron chi connectivity index (χ2n) is 6.11. The molecule has 2 aromatic heterocycles. The molecule has 0 radical (unpaired) electrons. The maximum absolute atomic E-state index is 12.7. The zero-order valence-electron chi connectivity index (χ0n) is 13.7. The molecule has 0 bridgehead atoms. The monoisotopic (exact) mass is 357 g/mol. The molecule has 0 spiro atoms. The highest BCUT2D eigenvalue weighted by molar-refractivity contribution is 7.99. The van der Waals surface area contributed by atoms with Crippen LogP contribution in [-0.4, -0.2) is 62.4 Å². The summed E-state index contributed by atoms with van der Waals surface area (Å²) in [6.45, 7) is 2.02. The van der Waals surface area contributed by atoms with Gasteiger partial charge in [-0.05, 0) is 12.1 Å². The van der Waals surface area contributed by atoms with Crippen molar-refractivity contribution in [3.8, 4) is 11.5 Å². The summed E-state index contributed by atoms with van der Waals surface area (Å²) in [6.07, 6.45) is 3.62. The Morgan fingerprint density at radius 2 is 2.12 bits per heavy atom. The van der Waals surface area contributed by atoms with Crippen LogP contribution in [0.2, 0.25) is 0 Å². The largest absolute Gasteiger partial charge is 0.349 e. The van der Waals surface area contributed by atoms with Crippen molar-refractivity contribution in [1.29, 1.82) is 0 Å². The Balaban J connectivity index is 1.63. The molecule has 2 aliphatic rings. The highest BCUT2D eigenvalue weighted by atomic mass is 32.2. The molecule has 2 amide bonds. The molecular weight excluding hydrogens is 338 g/mol. The van der Waals surface area contributed by atoms with E-state index in [4.69, 9.17) is 0 Å². The highest BCUT2D eigenvalue weighted by Crippen LogP contribution is 2.27. The van der Waals surface area contributed by atoms with E-state index < -0.39 is 0 Å². The predicted molar refractivity (Wildman–Crippen MR) is 95.4 cm³/mol. The molecule has 0 aliphatic carbocycles. The van der Waals surface area contributed by atoms with Crippen LogP contribution in [0.3, 0.4) is 0 Å². The Bertz CT molecular complexity index is 786. The van der Waals surface area contributed by atoms with Gasteiger partial charge in [0.15, 0.2) is 5.82 Å². The van der Waals surface area contributed by atoms with E-state index in [0.717, 1.165) is 24.6 Å². The molecule has 7 nitrogen and oxygen atoms in total. The van der Waals surface area contributed by atoms with Gasteiger partial charge in [0, 0.05) is 43.8 Å². The molecule has 4 rings (SSSR count). The van der Waals surface area contributed by atoms with E-state index in [1.807, 2.05) is 39.4 Å². The van der Waals surface area contributed by atoms with Crippen molar-refractivity contribution < 1.29 is 9.59 Å². The second kappa shape index (κ2) is 6.87. The van der Waals surface area contributed by atoms with Crippen LogP contribution in [0.25, 0.3) is 11.5 Å². The zero-order valence-corrected chi connectivity index (χ0v) is 14.5. The average molecular weight is 357 g/mol.